The predicted molar refractivity (Wildman–Crippen MR) is 117 cm³/mol. The number of rotatable bonds is 5. The Hall–Kier alpha value is -1.74. The molecule has 1 aromatic carbocycles. The van der Waals surface area contributed by atoms with E-state index in [0.29, 0.717) is 17.5 Å². The fourth-order valence-electron chi connectivity index (χ4n) is 3.53. The van der Waals surface area contributed by atoms with Gasteiger partial charge in [0.2, 0.25) is 0 Å². The van der Waals surface area contributed by atoms with Crippen LogP contribution in [0.2, 0.25) is 0 Å². The molecule has 2 aliphatic heterocycles. The Morgan fingerprint density at radius 1 is 1.14 bits per heavy atom. The number of nitrogens with zero attached hydrogens (tertiary/aromatic N) is 2. The zero-order valence-corrected chi connectivity index (χ0v) is 18.2. The third-order valence-corrected chi connectivity index (χ3v) is 5.10. The fraction of sp³-hybridized carbons (Fsp3) is 0.579. The predicted octanol–water partition coefficient (Wildman–Crippen LogP) is 1.98. The molecule has 2 N–H and O–H groups in total. The quantitative estimate of drug-likeness (QED) is 0.670. The van der Waals surface area contributed by atoms with Crippen LogP contribution in [0.1, 0.15) is 12.8 Å². The largest absolute Gasteiger partial charge is 0.482 e. The van der Waals surface area contributed by atoms with Crippen molar-refractivity contribution in [3.63, 3.8) is 0 Å². The van der Waals surface area contributed by atoms with Gasteiger partial charge in [0.15, 0.2) is 6.61 Å². The normalized spacial score (nSPS) is 17.5. The highest BCUT2D eigenvalue weighted by Crippen LogP contribution is 2.19. The molecule has 164 valence electrons. The summed E-state index contributed by atoms with van der Waals surface area (Å²) in [6.45, 7) is 5.30. The second-order valence-electron chi connectivity index (χ2n) is 6.83. The van der Waals surface area contributed by atoms with Gasteiger partial charge in [-0.25, -0.2) is 9.59 Å². The van der Waals surface area contributed by atoms with Crippen LogP contribution in [0.5, 0.6) is 5.75 Å². The van der Waals surface area contributed by atoms with Crippen LogP contribution in [0, 0.1) is 0 Å². The summed E-state index contributed by atoms with van der Waals surface area (Å²) in [5.74, 6) is 0.0602. The first-order valence-electron chi connectivity index (χ1n) is 9.46. The summed E-state index contributed by atoms with van der Waals surface area (Å²) in [4.78, 5) is 28.1. The van der Waals surface area contributed by atoms with Crippen LogP contribution in [-0.4, -0.2) is 80.8 Å². The molecule has 0 spiro atoms. The molecule has 29 heavy (non-hydrogen) atoms. The molecule has 2 amide bonds. The second kappa shape index (κ2) is 12.7. The number of piperidine rings is 1. The zero-order chi connectivity index (χ0) is 19.1. The SMILES string of the molecule is COC(=O)COc1cccc(NC(=O)N2CCN(C3CCNCC3)CC2)c1.Cl.Cl. The lowest BCUT2D eigenvalue weighted by molar-refractivity contribution is -0.142. The first-order valence-corrected chi connectivity index (χ1v) is 9.46. The standard InChI is InChI=1S/C19H28N4O4.2ClH/c1-26-18(24)14-27-17-4-2-3-15(13-17)21-19(25)23-11-9-22(10-12-23)16-5-7-20-8-6-16;;/h2-4,13,16,20H,5-12,14H2,1H3,(H,21,25);2*1H. The van der Waals surface area contributed by atoms with E-state index in [-0.39, 0.29) is 37.5 Å². The summed E-state index contributed by atoms with van der Waals surface area (Å²) in [5, 5.41) is 6.30. The molecular formula is C19H30Cl2N4O4. The molecule has 2 aliphatic rings. The van der Waals surface area contributed by atoms with Crippen LogP contribution in [-0.2, 0) is 9.53 Å². The number of carbonyl (C=O) groups excluding carboxylic acids is 2. The van der Waals surface area contributed by atoms with Crippen molar-refractivity contribution in [1.29, 1.82) is 0 Å². The molecule has 0 saturated carbocycles. The molecule has 10 heteroatoms. The molecule has 0 atom stereocenters. The Balaban J connectivity index is 0.00000210. The number of ether oxygens (including phenoxy) is 2. The second-order valence-corrected chi connectivity index (χ2v) is 6.83. The maximum absolute atomic E-state index is 12.5. The number of nitrogens with one attached hydrogen (secondary N) is 2. The van der Waals surface area contributed by atoms with Gasteiger partial charge < -0.3 is 25.0 Å². The first-order chi connectivity index (χ1) is 13.2. The monoisotopic (exact) mass is 448 g/mol. The average Bonchev–Trinajstić information content (AvgIpc) is 2.73. The van der Waals surface area contributed by atoms with Crippen molar-refractivity contribution >= 4 is 42.5 Å². The smallest absolute Gasteiger partial charge is 0.343 e. The topological polar surface area (TPSA) is 83.1 Å². The van der Waals surface area contributed by atoms with Crippen molar-refractivity contribution in [2.24, 2.45) is 0 Å². The van der Waals surface area contributed by atoms with E-state index in [1.54, 1.807) is 24.3 Å². The van der Waals surface area contributed by atoms with Gasteiger partial charge in [-0.1, -0.05) is 6.07 Å². The van der Waals surface area contributed by atoms with Crippen LogP contribution in [0.25, 0.3) is 0 Å². The zero-order valence-electron chi connectivity index (χ0n) is 16.6. The number of hydrogen-bond donors (Lipinski definition) is 2. The highest BCUT2D eigenvalue weighted by molar-refractivity contribution is 5.89. The maximum Gasteiger partial charge on any atom is 0.343 e. The van der Waals surface area contributed by atoms with Crippen molar-refractivity contribution in [1.82, 2.24) is 15.1 Å². The molecule has 0 unspecified atom stereocenters. The maximum atomic E-state index is 12.5. The van der Waals surface area contributed by atoms with Gasteiger partial charge in [-0.15, -0.1) is 24.8 Å². The molecular weight excluding hydrogens is 419 g/mol. The summed E-state index contributed by atoms with van der Waals surface area (Å²) in [7, 11) is 1.31. The summed E-state index contributed by atoms with van der Waals surface area (Å²) in [6.07, 6.45) is 2.37. The van der Waals surface area contributed by atoms with Gasteiger partial charge in [-0.2, -0.15) is 0 Å². The van der Waals surface area contributed by atoms with Crippen molar-refractivity contribution in [3.8, 4) is 5.75 Å². The summed E-state index contributed by atoms with van der Waals surface area (Å²) >= 11 is 0. The van der Waals surface area contributed by atoms with Crippen LogP contribution in [0.3, 0.4) is 0 Å². The van der Waals surface area contributed by atoms with Gasteiger partial charge in [0.05, 0.1) is 7.11 Å². The summed E-state index contributed by atoms with van der Waals surface area (Å²) in [6, 6.07) is 7.54. The number of amides is 2. The number of hydrogen-bond acceptors (Lipinski definition) is 6. The Morgan fingerprint density at radius 3 is 2.48 bits per heavy atom. The van der Waals surface area contributed by atoms with Crippen LogP contribution in [0.4, 0.5) is 10.5 Å². The van der Waals surface area contributed by atoms with E-state index < -0.39 is 5.97 Å². The lowest BCUT2D eigenvalue weighted by atomic mass is 10.0. The molecule has 3 rings (SSSR count). The number of methoxy groups -OCH3 is 1. The Bertz CT molecular complexity index is 651. The molecule has 0 aromatic heterocycles. The molecule has 1 aromatic rings. The van der Waals surface area contributed by atoms with Crippen molar-refractivity contribution in [3.05, 3.63) is 24.3 Å². The van der Waals surface area contributed by atoms with Gasteiger partial charge in [0, 0.05) is 44.0 Å². The number of carbonyl (C=O) groups is 2. The Kier molecular flexibility index (Phi) is 11.1. The van der Waals surface area contributed by atoms with E-state index in [9.17, 15) is 9.59 Å². The minimum atomic E-state index is -0.448. The van der Waals surface area contributed by atoms with E-state index in [2.05, 4.69) is 20.3 Å². The lowest BCUT2D eigenvalue weighted by Gasteiger charge is -2.40. The van der Waals surface area contributed by atoms with Gasteiger partial charge in [0.25, 0.3) is 0 Å². The van der Waals surface area contributed by atoms with E-state index in [1.807, 2.05) is 4.90 Å². The van der Waals surface area contributed by atoms with E-state index >= 15 is 0 Å². The number of halogens is 2. The van der Waals surface area contributed by atoms with Gasteiger partial charge in [0.1, 0.15) is 5.75 Å². The fourth-order valence-corrected chi connectivity index (χ4v) is 3.53. The molecule has 0 aliphatic carbocycles. The Morgan fingerprint density at radius 2 is 1.83 bits per heavy atom. The van der Waals surface area contributed by atoms with Gasteiger partial charge in [-0.3, -0.25) is 4.90 Å². The van der Waals surface area contributed by atoms with E-state index in [1.165, 1.54) is 20.0 Å². The molecule has 2 heterocycles. The highest BCUT2D eigenvalue weighted by atomic mass is 35.5. The van der Waals surface area contributed by atoms with Gasteiger partial charge in [-0.05, 0) is 38.1 Å². The lowest BCUT2D eigenvalue weighted by Crippen LogP contribution is -2.54. The molecule has 2 fully saturated rings. The third kappa shape index (κ3) is 7.54. The first kappa shape index (κ1) is 25.3. The average molecular weight is 449 g/mol. The van der Waals surface area contributed by atoms with Crippen LogP contribution >= 0.6 is 24.8 Å². The summed E-state index contributed by atoms with van der Waals surface area (Å²) < 4.78 is 9.91. The van der Waals surface area contributed by atoms with Crippen LogP contribution in [0.15, 0.2) is 24.3 Å². The van der Waals surface area contributed by atoms with E-state index in [4.69, 9.17) is 4.74 Å². The molecule has 0 radical (unpaired) electrons. The van der Waals surface area contributed by atoms with E-state index in [0.717, 1.165) is 39.3 Å². The summed E-state index contributed by atoms with van der Waals surface area (Å²) in [5.41, 5.74) is 0.642. The number of anilines is 1. The van der Waals surface area contributed by atoms with Crippen LogP contribution < -0.4 is 15.4 Å². The highest BCUT2D eigenvalue weighted by Gasteiger charge is 2.27. The van der Waals surface area contributed by atoms with Crippen molar-refractivity contribution in [2.75, 3.05) is 58.3 Å². The van der Waals surface area contributed by atoms with Gasteiger partial charge >= 0.3 is 12.0 Å². The minimum absolute atomic E-state index is 0. The number of esters is 1. The number of urea groups is 1. The van der Waals surface area contributed by atoms with Crippen molar-refractivity contribution in [2.45, 2.75) is 18.9 Å². The van der Waals surface area contributed by atoms with Crippen molar-refractivity contribution < 1.29 is 19.1 Å². The third-order valence-electron chi connectivity index (χ3n) is 5.10. The number of benzene rings is 1. The molecule has 0 bridgehead atoms. The minimum Gasteiger partial charge on any atom is -0.482 e. The number of piperazine rings is 1. The molecule has 8 nitrogen and oxygen atoms in total. The Labute approximate surface area is 184 Å². The molecule has 2 saturated heterocycles.